The number of nitrogens with one attached hydrogen (secondary N) is 1. The molecule has 0 fully saturated rings. The molecule has 1 aliphatic rings. The first-order chi connectivity index (χ1) is 15.4. The summed E-state index contributed by atoms with van der Waals surface area (Å²) in [4.78, 5) is 16.3. The van der Waals surface area contributed by atoms with Gasteiger partial charge in [-0.1, -0.05) is 48.5 Å². The van der Waals surface area contributed by atoms with Crippen molar-refractivity contribution in [1.29, 1.82) is 0 Å². The Kier molecular flexibility index (Phi) is 5.98. The van der Waals surface area contributed by atoms with Crippen LogP contribution in [0.2, 0.25) is 0 Å². The Balaban J connectivity index is 1.35. The lowest BCUT2D eigenvalue weighted by Gasteiger charge is -2.21. The summed E-state index contributed by atoms with van der Waals surface area (Å²) in [7, 11) is 0. The van der Waals surface area contributed by atoms with Crippen LogP contribution in [0.3, 0.4) is 0 Å². The molecule has 7 N–H and O–H groups in total. The Hall–Kier alpha value is -3.62. The second-order valence-corrected chi connectivity index (χ2v) is 7.86. The van der Waals surface area contributed by atoms with Crippen molar-refractivity contribution in [3.05, 3.63) is 77.0 Å². The number of hydrogen-bond donors (Lipinski definition) is 5. The number of rotatable bonds is 6. The number of nitrogen functional groups attached to an aromatic ring is 2. The Bertz CT molecular complexity index is 1110. The first kappa shape index (κ1) is 21.6. The minimum Gasteiger partial charge on any atom is -0.449 e. The number of nitrogens with two attached hydrogens (primary N) is 2. The molecule has 1 amide bonds. The standard InChI is InChI=1S/C24H26N4O4/c1-13-18(10-20(25)23(26)28-13)22(30)21(29)11-27-24(31)32-12-19-16-8-4-2-6-14(16)15-7-3-5-9-17(15)19/h2-10,19,21-22,29-30H,11-12,25H2,1H3,(H2,26,28)(H,27,31). The fraction of sp³-hybridized carbons (Fsp3) is 0.250. The molecule has 0 aliphatic heterocycles. The molecule has 4 rings (SSSR count). The lowest BCUT2D eigenvalue weighted by Crippen LogP contribution is -2.36. The van der Waals surface area contributed by atoms with Crippen LogP contribution in [-0.4, -0.2) is 40.5 Å². The zero-order valence-corrected chi connectivity index (χ0v) is 17.7. The molecule has 8 nitrogen and oxygen atoms in total. The van der Waals surface area contributed by atoms with Crippen LogP contribution in [0.5, 0.6) is 0 Å². The monoisotopic (exact) mass is 434 g/mol. The van der Waals surface area contributed by atoms with Crippen LogP contribution in [-0.2, 0) is 4.74 Å². The number of fused-ring (bicyclic) bond motifs is 3. The molecule has 1 heterocycles. The number of nitrogens with zero attached hydrogens (tertiary/aromatic N) is 1. The van der Waals surface area contributed by atoms with E-state index in [4.69, 9.17) is 16.2 Å². The molecule has 0 bridgehead atoms. The smallest absolute Gasteiger partial charge is 0.407 e. The Labute approximate surface area is 185 Å². The van der Waals surface area contributed by atoms with Crippen molar-refractivity contribution in [2.45, 2.75) is 25.0 Å². The van der Waals surface area contributed by atoms with Gasteiger partial charge in [-0.25, -0.2) is 9.78 Å². The van der Waals surface area contributed by atoms with Crippen molar-refractivity contribution >= 4 is 17.6 Å². The second-order valence-electron chi connectivity index (χ2n) is 7.86. The van der Waals surface area contributed by atoms with E-state index in [2.05, 4.69) is 22.4 Å². The fourth-order valence-corrected chi connectivity index (χ4v) is 4.11. The minimum absolute atomic E-state index is 0.0601. The highest BCUT2D eigenvalue weighted by atomic mass is 16.5. The van der Waals surface area contributed by atoms with Crippen LogP contribution in [0.25, 0.3) is 11.1 Å². The average molecular weight is 434 g/mol. The summed E-state index contributed by atoms with van der Waals surface area (Å²) in [6.07, 6.45) is -3.25. The topological polar surface area (TPSA) is 144 Å². The Morgan fingerprint density at radius 3 is 2.31 bits per heavy atom. The van der Waals surface area contributed by atoms with Crippen LogP contribution >= 0.6 is 0 Å². The van der Waals surface area contributed by atoms with Crippen molar-refractivity contribution in [3.8, 4) is 11.1 Å². The molecule has 2 unspecified atom stereocenters. The SMILES string of the molecule is Cc1nc(N)c(N)cc1C(O)C(O)CNC(=O)OCC1c2ccccc2-c2ccccc21. The van der Waals surface area contributed by atoms with E-state index >= 15 is 0 Å². The highest BCUT2D eigenvalue weighted by Gasteiger charge is 2.29. The number of ether oxygens (including phenoxy) is 1. The molecule has 32 heavy (non-hydrogen) atoms. The maximum absolute atomic E-state index is 12.3. The molecule has 0 radical (unpaired) electrons. The van der Waals surface area contributed by atoms with Crippen LogP contribution < -0.4 is 16.8 Å². The van der Waals surface area contributed by atoms with Crippen molar-refractivity contribution < 1.29 is 19.7 Å². The number of pyridine rings is 1. The lowest BCUT2D eigenvalue weighted by molar-refractivity contribution is 0.0180. The number of aliphatic hydroxyl groups is 2. The average Bonchev–Trinajstić information content (AvgIpc) is 3.11. The predicted octanol–water partition coefficient (Wildman–Crippen LogP) is 2.49. The van der Waals surface area contributed by atoms with Crippen molar-refractivity contribution in [2.24, 2.45) is 0 Å². The van der Waals surface area contributed by atoms with E-state index in [1.54, 1.807) is 6.92 Å². The van der Waals surface area contributed by atoms with E-state index in [9.17, 15) is 15.0 Å². The van der Waals surface area contributed by atoms with E-state index in [-0.39, 0.29) is 30.6 Å². The summed E-state index contributed by atoms with van der Waals surface area (Å²) >= 11 is 0. The van der Waals surface area contributed by atoms with Gasteiger partial charge in [0.15, 0.2) is 0 Å². The van der Waals surface area contributed by atoms with Gasteiger partial charge >= 0.3 is 6.09 Å². The van der Waals surface area contributed by atoms with Gasteiger partial charge in [-0.15, -0.1) is 0 Å². The second kappa shape index (κ2) is 8.86. The van der Waals surface area contributed by atoms with Gasteiger partial charge in [-0.3, -0.25) is 0 Å². The molecule has 1 aliphatic carbocycles. The van der Waals surface area contributed by atoms with Gasteiger partial charge in [0.25, 0.3) is 0 Å². The van der Waals surface area contributed by atoms with E-state index in [0.29, 0.717) is 11.3 Å². The van der Waals surface area contributed by atoms with Crippen molar-refractivity contribution in [3.63, 3.8) is 0 Å². The van der Waals surface area contributed by atoms with Crippen molar-refractivity contribution in [1.82, 2.24) is 10.3 Å². The number of anilines is 2. The van der Waals surface area contributed by atoms with E-state index in [1.807, 2.05) is 36.4 Å². The zero-order valence-electron chi connectivity index (χ0n) is 17.7. The van der Waals surface area contributed by atoms with Gasteiger partial charge in [0.2, 0.25) is 0 Å². The highest BCUT2D eigenvalue weighted by Crippen LogP contribution is 2.44. The number of aromatic nitrogens is 1. The molecular formula is C24H26N4O4. The largest absolute Gasteiger partial charge is 0.449 e. The zero-order chi connectivity index (χ0) is 22.8. The molecule has 0 saturated heterocycles. The lowest BCUT2D eigenvalue weighted by atomic mass is 9.98. The van der Waals surface area contributed by atoms with Gasteiger partial charge in [-0.05, 0) is 35.2 Å². The Morgan fingerprint density at radius 1 is 1.09 bits per heavy atom. The fourth-order valence-electron chi connectivity index (χ4n) is 4.11. The number of amides is 1. The summed E-state index contributed by atoms with van der Waals surface area (Å²) in [6, 6.07) is 17.6. The molecule has 166 valence electrons. The van der Waals surface area contributed by atoms with E-state index < -0.39 is 18.3 Å². The highest BCUT2D eigenvalue weighted by molar-refractivity contribution is 5.79. The molecular weight excluding hydrogens is 408 g/mol. The maximum atomic E-state index is 12.3. The van der Waals surface area contributed by atoms with Crippen LogP contribution in [0.4, 0.5) is 16.3 Å². The predicted molar refractivity (Wildman–Crippen MR) is 122 cm³/mol. The van der Waals surface area contributed by atoms with Gasteiger partial charge in [-0.2, -0.15) is 0 Å². The number of carbonyl (C=O) groups excluding carboxylic acids is 1. The number of aryl methyl sites for hydroxylation is 1. The molecule has 2 atom stereocenters. The summed E-state index contributed by atoms with van der Waals surface area (Å²) in [5, 5.41) is 23.3. The van der Waals surface area contributed by atoms with Crippen LogP contribution in [0.15, 0.2) is 54.6 Å². The summed E-state index contributed by atoms with van der Waals surface area (Å²) in [6.45, 7) is 1.61. The molecule has 2 aromatic carbocycles. The molecule has 0 spiro atoms. The summed E-state index contributed by atoms with van der Waals surface area (Å²) in [5.41, 5.74) is 16.9. The van der Waals surface area contributed by atoms with Crippen molar-refractivity contribution in [2.75, 3.05) is 24.6 Å². The maximum Gasteiger partial charge on any atom is 0.407 e. The van der Waals surface area contributed by atoms with Gasteiger partial charge < -0.3 is 31.7 Å². The minimum atomic E-state index is -1.29. The Morgan fingerprint density at radius 2 is 1.69 bits per heavy atom. The van der Waals surface area contributed by atoms with Crippen LogP contribution in [0.1, 0.15) is 34.4 Å². The molecule has 0 saturated carbocycles. The van der Waals surface area contributed by atoms with E-state index in [0.717, 1.165) is 22.3 Å². The van der Waals surface area contributed by atoms with Gasteiger partial charge in [0.05, 0.1) is 5.69 Å². The number of alkyl carbamates (subject to hydrolysis) is 1. The molecule has 1 aromatic heterocycles. The first-order valence-electron chi connectivity index (χ1n) is 10.3. The quantitative estimate of drug-likeness (QED) is 0.401. The van der Waals surface area contributed by atoms with Gasteiger partial charge in [0.1, 0.15) is 24.6 Å². The van der Waals surface area contributed by atoms with Crippen LogP contribution in [0, 0.1) is 6.92 Å². The van der Waals surface area contributed by atoms with E-state index in [1.165, 1.54) is 6.07 Å². The number of hydrogen-bond acceptors (Lipinski definition) is 7. The number of carbonyl (C=O) groups is 1. The third kappa shape index (κ3) is 4.10. The number of aliphatic hydroxyl groups excluding tert-OH is 2. The first-order valence-corrected chi connectivity index (χ1v) is 10.3. The summed E-state index contributed by atoms with van der Waals surface area (Å²) < 4.78 is 5.44. The normalized spacial score (nSPS) is 14.3. The third-order valence-electron chi connectivity index (χ3n) is 5.80. The third-order valence-corrected chi connectivity index (χ3v) is 5.80. The van der Waals surface area contributed by atoms with Gasteiger partial charge in [0, 0.05) is 23.7 Å². The molecule has 3 aromatic rings. The summed E-state index contributed by atoms with van der Waals surface area (Å²) in [5.74, 6) is 0.0971. The number of benzene rings is 2. The molecule has 8 heteroatoms.